The van der Waals surface area contributed by atoms with Crippen LogP contribution in [0.3, 0.4) is 0 Å². The highest BCUT2D eigenvalue weighted by Gasteiger charge is 2.01. The van der Waals surface area contributed by atoms with Crippen LogP contribution in [0.15, 0.2) is 12.2 Å². The smallest absolute Gasteiger partial charge is 0.331 e. The summed E-state index contributed by atoms with van der Waals surface area (Å²) in [6.07, 6.45) is 12.9. The first kappa shape index (κ1) is 26.6. The molecule has 0 heterocycles. The highest BCUT2D eigenvalue weighted by Crippen LogP contribution is 2.00. The van der Waals surface area contributed by atoms with Crippen molar-refractivity contribution in [1.82, 2.24) is 0 Å². The zero-order chi connectivity index (χ0) is 20.7. The van der Waals surface area contributed by atoms with Crippen molar-refractivity contribution in [2.45, 2.75) is 78.1 Å². The predicted octanol–water partition coefficient (Wildman–Crippen LogP) is 4.60. The molecule has 0 fully saturated rings. The molecule has 6 heteroatoms. The molecule has 0 aromatic carbocycles. The zero-order valence-electron chi connectivity index (χ0n) is 17.9. The van der Waals surface area contributed by atoms with Gasteiger partial charge in [0.1, 0.15) is 0 Å². The van der Waals surface area contributed by atoms with Gasteiger partial charge in [0.05, 0.1) is 13.2 Å². The first-order valence-electron chi connectivity index (χ1n) is 10.9. The molecule has 0 spiro atoms. The fourth-order valence-electron chi connectivity index (χ4n) is 2.37. The van der Waals surface area contributed by atoms with Crippen LogP contribution in [0.2, 0.25) is 0 Å². The van der Waals surface area contributed by atoms with Crippen LogP contribution in [-0.4, -0.2) is 51.6 Å². The van der Waals surface area contributed by atoms with E-state index in [0.29, 0.717) is 26.1 Å². The number of esters is 2. The van der Waals surface area contributed by atoms with Gasteiger partial charge in [0.2, 0.25) is 0 Å². The maximum atomic E-state index is 11.5. The summed E-state index contributed by atoms with van der Waals surface area (Å²) in [5.74, 6) is -1.09. The summed E-state index contributed by atoms with van der Waals surface area (Å²) in [7, 11) is 0. The normalized spacial score (nSPS) is 11.1. The van der Waals surface area contributed by atoms with E-state index in [1.54, 1.807) is 0 Å². The van der Waals surface area contributed by atoms with Crippen molar-refractivity contribution in [1.29, 1.82) is 0 Å². The predicted molar refractivity (Wildman–Crippen MR) is 110 cm³/mol. The van der Waals surface area contributed by atoms with E-state index < -0.39 is 11.9 Å². The van der Waals surface area contributed by atoms with Gasteiger partial charge in [-0.15, -0.1) is 0 Å². The van der Waals surface area contributed by atoms with Crippen LogP contribution in [0.25, 0.3) is 0 Å². The number of hydrogen-bond donors (Lipinski definition) is 0. The monoisotopic (exact) mass is 400 g/mol. The average molecular weight is 401 g/mol. The molecule has 0 radical (unpaired) electrons. The molecule has 6 nitrogen and oxygen atoms in total. The summed E-state index contributed by atoms with van der Waals surface area (Å²) in [6.45, 7) is 7.57. The Labute approximate surface area is 170 Å². The molecule has 0 saturated heterocycles. The maximum absolute atomic E-state index is 11.5. The van der Waals surface area contributed by atoms with Gasteiger partial charge in [0.15, 0.2) is 0 Å². The van der Waals surface area contributed by atoms with Gasteiger partial charge in [-0.3, -0.25) is 0 Å². The lowest BCUT2D eigenvalue weighted by atomic mass is 10.2. The first-order chi connectivity index (χ1) is 13.7. The minimum absolute atomic E-state index is 0.281. The van der Waals surface area contributed by atoms with Gasteiger partial charge >= 0.3 is 11.9 Å². The largest absolute Gasteiger partial charge is 0.462 e. The number of carbonyl (C=O) groups excluding carboxylic acids is 2. The van der Waals surface area contributed by atoms with E-state index in [2.05, 4.69) is 13.8 Å². The Kier molecular flexibility index (Phi) is 20.8. The highest BCUT2D eigenvalue weighted by molar-refractivity contribution is 5.91. The van der Waals surface area contributed by atoms with E-state index >= 15 is 0 Å². The average Bonchev–Trinajstić information content (AvgIpc) is 2.69. The molecule has 164 valence electrons. The van der Waals surface area contributed by atoms with Crippen molar-refractivity contribution in [3.05, 3.63) is 12.2 Å². The van der Waals surface area contributed by atoms with Gasteiger partial charge in [-0.2, -0.15) is 0 Å². The summed E-state index contributed by atoms with van der Waals surface area (Å²) < 4.78 is 20.9. The third-order valence-electron chi connectivity index (χ3n) is 3.99. The van der Waals surface area contributed by atoms with E-state index in [-0.39, 0.29) is 13.2 Å². The molecule has 0 bridgehead atoms. The van der Waals surface area contributed by atoms with E-state index in [1.807, 2.05) is 0 Å². The number of ether oxygens (including phenoxy) is 4. The molecular weight excluding hydrogens is 360 g/mol. The second-order valence-electron chi connectivity index (χ2n) is 6.72. The minimum atomic E-state index is -0.546. The van der Waals surface area contributed by atoms with Crippen molar-refractivity contribution in [2.75, 3.05) is 39.6 Å². The van der Waals surface area contributed by atoms with Crippen LogP contribution in [0.5, 0.6) is 0 Å². The molecule has 28 heavy (non-hydrogen) atoms. The number of carbonyl (C=O) groups is 2. The fourth-order valence-corrected chi connectivity index (χ4v) is 2.37. The van der Waals surface area contributed by atoms with Gasteiger partial charge in [-0.25, -0.2) is 9.59 Å². The fraction of sp³-hybridized carbons (Fsp3) is 0.818. The Morgan fingerprint density at radius 1 is 0.536 bits per heavy atom. The standard InChI is InChI=1S/C22H40O6/c1-3-5-7-9-15-25-17-11-19-27-21(23)13-14-22(24)28-20-12-18-26-16-10-8-6-4-2/h13-14H,3-12,15-20H2,1-2H3/b14-13-. The maximum Gasteiger partial charge on any atom is 0.331 e. The zero-order valence-corrected chi connectivity index (χ0v) is 17.9. The Hall–Kier alpha value is -1.40. The lowest BCUT2D eigenvalue weighted by molar-refractivity contribution is -0.140. The second kappa shape index (κ2) is 21.9. The van der Waals surface area contributed by atoms with Gasteiger partial charge < -0.3 is 18.9 Å². The summed E-state index contributed by atoms with van der Waals surface area (Å²) in [6, 6.07) is 0. The number of unbranched alkanes of at least 4 members (excludes halogenated alkanes) is 6. The molecule has 0 N–H and O–H groups in total. The molecule has 0 atom stereocenters. The van der Waals surface area contributed by atoms with E-state index in [9.17, 15) is 9.59 Å². The molecule has 0 aliphatic carbocycles. The lowest BCUT2D eigenvalue weighted by Crippen LogP contribution is -2.08. The Morgan fingerprint density at radius 2 is 0.929 bits per heavy atom. The third-order valence-corrected chi connectivity index (χ3v) is 3.99. The van der Waals surface area contributed by atoms with Crippen LogP contribution in [0.1, 0.15) is 78.1 Å². The van der Waals surface area contributed by atoms with E-state index in [4.69, 9.17) is 18.9 Å². The molecule has 0 amide bonds. The molecule has 0 saturated carbocycles. The van der Waals surface area contributed by atoms with E-state index in [1.165, 1.54) is 38.5 Å². The molecule has 0 aliphatic rings. The van der Waals surface area contributed by atoms with Gasteiger partial charge in [0, 0.05) is 51.4 Å². The van der Waals surface area contributed by atoms with E-state index in [0.717, 1.165) is 38.2 Å². The lowest BCUT2D eigenvalue weighted by Gasteiger charge is -2.05. The summed E-state index contributed by atoms with van der Waals surface area (Å²) in [4.78, 5) is 23.0. The van der Waals surface area contributed by atoms with Crippen LogP contribution in [-0.2, 0) is 28.5 Å². The molecular formula is C22H40O6. The quantitative estimate of drug-likeness (QED) is 0.169. The molecule has 0 aromatic rings. The van der Waals surface area contributed by atoms with Crippen LogP contribution >= 0.6 is 0 Å². The van der Waals surface area contributed by atoms with Gasteiger partial charge in [-0.05, 0) is 12.8 Å². The molecule has 0 rings (SSSR count). The first-order valence-corrected chi connectivity index (χ1v) is 10.9. The Balaban J connectivity index is 3.43. The summed E-state index contributed by atoms with van der Waals surface area (Å²) in [5.41, 5.74) is 0. The summed E-state index contributed by atoms with van der Waals surface area (Å²) in [5, 5.41) is 0. The van der Waals surface area contributed by atoms with Crippen molar-refractivity contribution >= 4 is 11.9 Å². The van der Waals surface area contributed by atoms with Crippen LogP contribution < -0.4 is 0 Å². The van der Waals surface area contributed by atoms with Crippen LogP contribution in [0.4, 0.5) is 0 Å². The molecule has 0 aliphatic heterocycles. The minimum Gasteiger partial charge on any atom is -0.462 e. The number of rotatable bonds is 20. The van der Waals surface area contributed by atoms with Crippen molar-refractivity contribution in [3.8, 4) is 0 Å². The SMILES string of the molecule is CCCCCCOCCCOC(=O)/C=C\C(=O)OCCCOCCCCCC. The molecule has 0 unspecified atom stereocenters. The van der Waals surface area contributed by atoms with Crippen molar-refractivity contribution in [3.63, 3.8) is 0 Å². The second-order valence-corrected chi connectivity index (χ2v) is 6.72. The third kappa shape index (κ3) is 20.9. The Morgan fingerprint density at radius 3 is 1.32 bits per heavy atom. The topological polar surface area (TPSA) is 71.1 Å². The summed E-state index contributed by atoms with van der Waals surface area (Å²) >= 11 is 0. The number of hydrogen-bond acceptors (Lipinski definition) is 6. The van der Waals surface area contributed by atoms with Gasteiger partial charge in [-0.1, -0.05) is 52.4 Å². The van der Waals surface area contributed by atoms with Crippen molar-refractivity contribution < 1.29 is 28.5 Å². The highest BCUT2D eigenvalue weighted by atomic mass is 16.5. The Bertz CT molecular complexity index is 358. The molecule has 0 aromatic heterocycles. The van der Waals surface area contributed by atoms with Crippen molar-refractivity contribution in [2.24, 2.45) is 0 Å². The van der Waals surface area contributed by atoms with Crippen LogP contribution in [0, 0.1) is 0 Å². The van der Waals surface area contributed by atoms with Gasteiger partial charge in [0.25, 0.3) is 0 Å².